The lowest BCUT2D eigenvalue weighted by Gasteiger charge is -2.26. The first-order valence-electron chi connectivity index (χ1n) is 22.3. The molecule has 0 N–H and O–H groups in total. The van der Waals surface area contributed by atoms with E-state index in [4.69, 9.17) is 4.42 Å². The minimum Gasteiger partial charge on any atom is -0.454 e. The predicted molar refractivity (Wildman–Crippen MR) is 280 cm³/mol. The summed E-state index contributed by atoms with van der Waals surface area (Å²) in [4.78, 5) is 4.67. The molecule has 0 spiro atoms. The SMILES string of the molecule is c1ccc(-c2ccc(N(c3ccc(-c4ccccc4)cc3)c3ccc4c(c3)oc3c5ccc(N(c6ccc(-c7ccccc7)cc6)c6ccc(-c7ccccc7)cc6)cc5sc43)cc2)cc1. The number of hydrogen-bond acceptors (Lipinski definition) is 4. The second-order valence-corrected chi connectivity index (χ2v) is 17.6. The van der Waals surface area contributed by atoms with Gasteiger partial charge in [0.25, 0.3) is 0 Å². The lowest BCUT2D eigenvalue weighted by atomic mass is 10.0. The number of rotatable bonds is 10. The second-order valence-electron chi connectivity index (χ2n) is 16.5. The fourth-order valence-electron chi connectivity index (χ4n) is 9.14. The van der Waals surface area contributed by atoms with Crippen molar-refractivity contribution in [3.05, 3.63) is 255 Å². The second kappa shape index (κ2) is 16.9. The number of furan rings is 1. The molecule has 0 bridgehead atoms. The minimum absolute atomic E-state index is 0.866. The molecule has 0 saturated carbocycles. The minimum atomic E-state index is 0.866. The summed E-state index contributed by atoms with van der Waals surface area (Å²) in [7, 11) is 0. The molecule has 312 valence electrons. The summed E-state index contributed by atoms with van der Waals surface area (Å²) in [5.74, 6) is 0. The predicted octanol–water partition coefficient (Wildman–Crippen LogP) is 18.4. The Morgan fingerprint density at radius 1 is 0.273 bits per heavy atom. The van der Waals surface area contributed by atoms with Gasteiger partial charge in [-0.05, 0) is 123 Å². The molecule has 2 heterocycles. The van der Waals surface area contributed by atoms with Gasteiger partial charge in [0.1, 0.15) is 5.58 Å². The zero-order valence-electron chi connectivity index (χ0n) is 36.0. The molecular weight excluding hydrogens is 821 g/mol. The first-order valence-corrected chi connectivity index (χ1v) is 23.1. The number of fused-ring (bicyclic) bond motifs is 5. The summed E-state index contributed by atoms with van der Waals surface area (Å²) >= 11 is 1.79. The van der Waals surface area contributed by atoms with Crippen LogP contribution in [0.5, 0.6) is 0 Å². The van der Waals surface area contributed by atoms with Gasteiger partial charge >= 0.3 is 0 Å². The molecule has 2 aromatic heterocycles. The van der Waals surface area contributed by atoms with Crippen molar-refractivity contribution in [3.8, 4) is 44.5 Å². The van der Waals surface area contributed by atoms with Gasteiger partial charge in [0.05, 0.1) is 4.70 Å². The van der Waals surface area contributed by atoms with Crippen molar-refractivity contribution in [1.29, 1.82) is 0 Å². The molecule has 0 aliphatic rings. The van der Waals surface area contributed by atoms with Crippen molar-refractivity contribution < 1.29 is 4.42 Å². The number of anilines is 6. The standard InChI is InChI=1S/C62H42N2OS/c1-5-13-43(14-6-1)47-21-29-51(30-22-47)63(52-31-23-48(24-32-52)44-15-7-2-8-16-44)55-37-39-57-59(41-55)65-61-58-40-38-56(42-60(58)66-62(57)61)64(53-33-25-49(26-34-53)45-17-9-3-10-18-45)54-35-27-50(28-36-54)46-19-11-4-12-20-46/h1-42H. The van der Waals surface area contributed by atoms with E-state index in [1.807, 2.05) is 0 Å². The Bertz CT molecular complexity index is 3180. The van der Waals surface area contributed by atoms with E-state index in [0.717, 1.165) is 60.8 Å². The van der Waals surface area contributed by atoms with Crippen LogP contribution in [0.1, 0.15) is 0 Å². The van der Waals surface area contributed by atoms with E-state index in [1.54, 1.807) is 11.3 Å². The maximum Gasteiger partial charge on any atom is 0.154 e. The van der Waals surface area contributed by atoms with E-state index in [-0.39, 0.29) is 0 Å². The Kier molecular flexibility index (Phi) is 10.0. The molecule has 0 aliphatic heterocycles. The lowest BCUT2D eigenvalue weighted by Crippen LogP contribution is -2.09. The zero-order valence-corrected chi connectivity index (χ0v) is 36.8. The summed E-state index contributed by atoms with van der Waals surface area (Å²) in [5, 5.41) is 2.22. The molecule has 0 saturated heterocycles. The number of hydrogen-bond donors (Lipinski definition) is 0. The molecule has 4 heteroatoms. The highest BCUT2D eigenvalue weighted by molar-refractivity contribution is 7.26. The van der Waals surface area contributed by atoms with Crippen molar-refractivity contribution in [2.24, 2.45) is 0 Å². The maximum absolute atomic E-state index is 6.87. The highest BCUT2D eigenvalue weighted by atomic mass is 32.1. The molecule has 0 unspecified atom stereocenters. The molecular formula is C62H42N2OS. The van der Waals surface area contributed by atoms with Crippen LogP contribution in [0.4, 0.5) is 34.1 Å². The third-order valence-corrected chi connectivity index (χ3v) is 13.7. The molecule has 10 aromatic carbocycles. The molecule has 0 aliphatic carbocycles. The van der Waals surface area contributed by atoms with Crippen LogP contribution in [0.25, 0.3) is 75.8 Å². The van der Waals surface area contributed by atoms with Gasteiger partial charge in [0, 0.05) is 55.7 Å². The highest BCUT2D eigenvalue weighted by Crippen LogP contribution is 2.46. The van der Waals surface area contributed by atoms with Crippen molar-refractivity contribution in [1.82, 2.24) is 0 Å². The average Bonchev–Trinajstić information content (AvgIpc) is 3.94. The topological polar surface area (TPSA) is 19.6 Å². The molecule has 0 fully saturated rings. The van der Waals surface area contributed by atoms with Crippen LogP contribution in [0.3, 0.4) is 0 Å². The van der Waals surface area contributed by atoms with Crippen LogP contribution in [0, 0.1) is 0 Å². The third kappa shape index (κ3) is 7.39. The Morgan fingerprint density at radius 2 is 0.576 bits per heavy atom. The largest absolute Gasteiger partial charge is 0.454 e. The molecule has 12 aromatic rings. The summed E-state index contributed by atoms with van der Waals surface area (Å²) in [6.07, 6.45) is 0. The highest BCUT2D eigenvalue weighted by Gasteiger charge is 2.21. The fourth-order valence-corrected chi connectivity index (χ4v) is 10.3. The fraction of sp³-hybridized carbons (Fsp3) is 0. The molecule has 3 nitrogen and oxygen atoms in total. The van der Waals surface area contributed by atoms with Crippen molar-refractivity contribution in [2.45, 2.75) is 0 Å². The normalized spacial score (nSPS) is 11.3. The molecule has 0 atom stereocenters. The number of thiophene rings is 1. The zero-order chi connectivity index (χ0) is 43.8. The van der Waals surface area contributed by atoms with E-state index >= 15 is 0 Å². The number of benzene rings is 10. The van der Waals surface area contributed by atoms with Gasteiger partial charge in [-0.3, -0.25) is 0 Å². The lowest BCUT2D eigenvalue weighted by molar-refractivity contribution is 0.673. The van der Waals surface area contributed by atoms with Crippen LogP contribution in [0.15, 0.2) is 259 Å². The van der Waals surface area contributed by atoms with E-state index in [2.05, 4.69) is 265 Å². The monoisotopic (exact) mass is 862 g/mol. The van der Waals surface area contributed by atoms with E-state index < -0.39 is 0 Å². The van der Waals surface area contributed by atoms with Gasteiger partial charge in [-0.1, -0.05) is 170 Å². The van der Waals surface area contributed by atoms with Crippen LogP contribution in [-0.4, -0.2) is 0 Å². The van der Waals surface area contributed by atoms with Crippen LogP contribution in [-0.2, 0) is 0 Å². The molecule has 0 amide bonds. The molecule has 66 heavy (non-hydrogen) atoms. The van der Waals surface area contributed by atoms with Crippen LogP contribution >= 0.6 is 11.3 Å². The first kappa shape index (κ1) is 39.2. The van der Waals surface area contributed by atoms with E-state index in [9.17, 15) is 0 Å². The van der Waals surface area contributed by atoms with Gasteiger partial charge in [0.15, 0.2) is 5.58 Å². The molecule has 0 radical (unpaired) electrons. The first-order chi connectivity index (χ1) is 32.7. The van der Waals surface area contributed by atoms with Gasteiger partial charge in [-0.2, -0.15) is 0 Å². The Morgan fingerprint density at radius 3 is 0.939 bits per heavy atom. The van der Waals surface area contributed by atoms with Gasteiger partial charge in [-0.15, -0.1) is 11.3 Å². The maximum atomic E-state index is 6.87. The van der Waals surface area contributed by atoms with Crippen molar-refractivity contribution >= 4 is 76.8 Å². The summed E-state index contributed by atoms with van der Waals surface area (Å²) in [6.45, 7) is 0. The smallest absolute Gasteiger partial charge is 0.154 e. The average molecular weight is 863 g/mol. The van der Waals surface area contributed by atoms with Crippen molar-refractivity contribution in [2.75, 3.05) is 9.80 Å². The van der Waals surface area contributed by atoms with Gasteiger partial charge in [-0.25, -0.2) is 0 Å². The summed E-state index contributed by atoms with van der Waals surface area (Å²) in [6, 6.07) is 91.0. The Balaban J connectivity index is 0.920. The van der Waals surface area contributed by atoms with Gasteiger partial charge < -0.3 is 14.2 Å². The van der Waals surface area contributed by atoms with Crippen LogP contribution < -0.4 is 9.80 Å². The van der Waals surface area contributed by atoms with E-state index in [0.29, 0.717) is 0 Å². The summed E-state index contributed by atoms with van der Waals surface area (Å²) in [5.41, 5.74) is 17.8. The van der Waals surface area contributed by atoms with Gasteiger partial charge in [0.2, 0.25) is 0 Å². The third-order valence-electron chi connectivity index (χ3n) is 12.5. The van der Waals surface area contributed by atoms with Crippen LogP contribution in [0.2, 0.25) is 0 Å². The Labute approximate surface area is 388 Å². The summed E-state index contributed by atoms with van der Waals surface area (Å²) < 4.78 is 9.20. The van der Waals surface area contributed by atoms with E-state index in [1.165, 1.54) is 49.2 Å². The molecule has 12 rings (SSSR count). The quantitative estimate of drug-likeness (QED) is 0.137. The Hall–Kier alpha value is -8.44. The number of nitrogens with zero attached hydrogens (tertiary/aromatic N) is 2. The van der Waals surface area contributed by atoms with Crippen molar-refractivity contribution in [3.63, 3.8) is 0 Å².